The fourth-order valence-corrected chi connectivity index (χ4v) is 1.24. The summed E-state index contributed by atoms with van der Waals surface area (Å²) in [6.07, 6.45) is 0. The van der Waals surface area contributed by atoms with E-state index in [1.807, 2.05) is 12.1 Å². The van der Waals surface area contributed by atoms with Gasteiger partial charge in [-0.05, 0) is 23.6 Å². The number of hydrogen-bond donors (Lipinski definition) is 2. The van der Waals surface area contributed by atoms with Gasteiger partial charge in [0.05, 0.1) is 5.56 Å². The standard InChI is InChI=1S/C11H16N2O/c1-7(2)8-4-5-10(14)9(6-8)11(12)13-3/h4-7,14H,1-3H3,(H2,12,13). The zero-order chi connectivity index (χ0) is 10.7. The third kappa shape index (κ3) is 2.05. The smallest absolute Gasteiger partial charge is 0.129 e. The van der Waals surface area contributed by atoms with Crippen LogP contribution >= 0.6 is 0 Å². The molecular weight excluding hydrogens is 176 g/mol. The molecule has 0 unspecified atom stereocenters. The van der Waals surface area contributed by atoms with Gasteiger partial charge in [-0.15, -0.1) is 0 Å². The average molecular weight is 192 g/mol. The molecule has 3 nitrogen and oxygen atoms in total. The van der Waals surface area contributed by atoms with E-state index in [-0.39, 0.29) is 5.75 Å². The van der Waals surface area contributed by atoms with Crippen molar-refractivity contribution >= 4 is 5.84 Å². The van der Waals surface area contributed by atoms with Gasteiger partial charge < -0.3 is 10.8 Å². The number of amidine groups is 1. The minimum absolute atomic E-state index is 0.178. The minimum atomic E-state index is 0.178. The van der Waals surface area contributed by atoms with E-state index in [4.69, 9.17) is 5.73 Å². The van der Waals surface area contributed by atoms with E-state index in [1.165, 1.54) is 0 Å². The van der Waals surface area contributed by atoms with Gasteiger partial charge in [-0.3, -0.25) is 4.99 Å². The van der Waals surface area contributed by atoms with E-state index in [0.29, 0.717) is 17.3 Å². The van der Waals surface area contributed by atoms with E-state index >= 15 is 0 Å². The van der Waals surface area contributed by atoms with Crippen LogP contribution in [0.4, 0.5) is 0 Å². The predicted molar refractivity (Wildman–Crippen MR) is 58.8 cm³/mol. The molecule has 0 aliphatic heterocycles. The Balaban J connectivity index is 3.22. The number of phenols is 1. The summed E-state index contributed by atoms with van der Waals surface area (Å²) >= 11 is 0. The highest BCUT2D eigenvalue weighted by atomic mass is 16.3. The minimum Gasteiger partial charge on any atom is -0.507 e. The largest absolute Gasteiger partial charge is 0.507 e. The summed E-state index contributed by atoms with van der Waals surface area (Å²) < 4.78 is 0. The molecule has 0 radical (unpaired) electrons. The molecule has 0 aliphatic rings. The first-order chi connectivity index (χ1) is 6.56. The molecule has 0 bridgehead atoms. The SMILES string of the molecule is CN=C(N)c1cc(C(C)C)ccc1O. The van der Waals surface area contributed by atoms with Crippen molar-refractivity contribution in [2.75, 3.05) is 7.05 Å². The Morgan fingerprint density at radius 1 is 1.43 bits per heavy atom. The molecule has 14 heavy (non-hydrogen) atoms. The predicted octanol–water partition coefficient (Wildman–Crippen LogP) is 1.85. The molecule has 1 rings (SSSR count). The van der Waals surface area contributed by atoms with Gasteiger partial charge in [-0.1, -0.05) is 19.9 Å². The summed E-state index contributed by atoms with van der Waals surface area (Å²) in [5.74, 6) is 0.960. The van der Waals surface area contributed by atoms with Gasteiger partial charge in [-0.2, -0.15) is 0 Å². The average Bonchev–Trinajstić information content (AvgIpc) is 2.17. The fraction of sp³-hybridized carbons (Fsp3) is 0.364. The normalized spacial score (nSPS) is 12.1. The Hall–Kier alpha value is -1.51. The molecule has 0 spiro atoms. The number of hydrogen-bond acceptors (Lipinski definition) is 2. The number of rotatable bonds is 2. The lowest BCUT2D eigenvalue weighted by Gasteiger charge is -2.09. The van der Waals surface area contributed by atoms with E-state index in [0.717, 1.165) is 5.56 Å². The van der Waals surface area contributed by atoms with Crippen molar-refractivity contribution in [2.24, 2.45) is 10.7 Å². The zero-order valence-corrected chi connectivity index (χ0v) is 8.78. The third-order valence-electron chi connectivity index (χ3n) is 2.20. The topological polar surface area (TPSA) is 58.6 Å². The molecule has 0 atom stereocenters. The summed E-state index contributed by atoms with van der Waals surface area (Å²) in [6, 6.07) is 5.43. The van der Waals surface area contributed by atoms with Crippen molar-refractivity contribution in [2.45, 2.75) is 19.8 Å². The van der Waals surface area contributed by atoms with Gasteiger partial charge >= 0.3 is 0 Å². The summed E-state index contributed by atoms with van der Waals surface area (Å²) in [4.78, 5) is 3.85. The monoisotopic (exact) mass is 192 g/mol. The maximum absolute atomic E-state index is 9.56. The highest BCUT2D eigenvalue weighted by molar-refractivity contribution is 5.99. The Morgan fingerprint density at radius 3 is 2.57 bits per heavy atom. The first kappa shape index (κ1) is 10.6. The van der Waals surface area contributed by atoms with Crippen LogP contribution in [0.2, 0.25) is 0 Å². The summed E-state index contributed by atoms with van der Waals surface area (Å²) in [5, 5.41) is 9.56. The lowest BCUT2D eigenvalue weighted by Crippen LogP contribution is -2.13. The lowest BCUT2D eigenvalue weighted by molar-refractivity contribution is 0.473. The Bertz CT molecular complexity index is 356. The summed E-state index contributed by atoms with van der Waals surface area (Å²) in [6.45, 7) is 4.19. The first-order valence-corrected chi connectivity index (χ1v) is 4.61. The quantitative estimate of drug-likeness (QED) is 0.555. The van der Waals surface area contributed by atoms with E-state index in [1.54, 1.807) is 13.1 Å². The Kier molecular flexibility index (Phi) is 3.12. The molecule has 0 aliphatic carbocycles. The van der Waals surface area contributed by atoms with E-state index in [2.05, 4.69) is 18.8 Å². The summed E-state index contributed by atoms with van der Waals surface area (Å²) in [7, 11) is 1.61. The molecule has 1 aromatic rings. The lowest BCUT2D eigenvalue weighted by atomic mass is 10.00. The van der Waals surface area contributed by atoms with Crippen molar-refractivity contribution in [3.8, 4) is 5.75 Å². The van der Waals surface area contributed by atoms with Crippen LogP contribution in [-0.2, 0) is 0 Å². The maximum atomic E-state index is 9.56. The molecule has 0 saturated heterocycles. The van der Waals surface area contributed by atoms with Crippen LogP contribution in [0.25, 0.3) is 0 Å². The van der Waals surface area contributed by atoms with Crippen molar-refractivity contribution in [3.63, 3.8) is 0 Å². The van der Waals surface area contributed by atoms with Crippen molar-refractivity contribution in [1.82, 2.24) is 0 Å². The second-order valence-corrected chi connectivity index (χ2v) is 3.54. The van der Waals surface area contributed by atoms with Crippen molar-refractivity contribution < 1.29 is 5.11 Å². The number of aliphatic imine (C=N–C) groups is 1. The molecule has 0 saturated carbocycles. The Morgan fingerprint density at radius 2 is 2.07 bits per heavy atom. The maximum Gasteiger partial charge on any atom is 0.129 e. The highest BCUT2D eigenvalue weighted by Crippen LogP contribution is 2.22. The van der Waals surface area contributed by atoms with Crippen LogP contribution < -0.4 is 5.73 Å². The van der Waals surface area contributed by atoms with Gasteiger partial charge in [0.2, 0.25) is 0 Å². The number of nitrogens with zero attached hydrogens (tertiary/aromatic N) is 1. The van der Waals surface area contributed by atoms with Crippen molar-refractivity contribution in [3.05, 3.63) is 29.3 Å². The number of nitrogens with two attached hydrogens (primary N) is 1. The second-order valence-electron chi connectivity index (χ2n) is 3.54. The molecule has 0 amide bonds. The highest BCUT2D eigenvalue weighted by Gasteiger charge is 2.07. The van der Waals surface area contributed by atoms with E-state index < -0.39 is 0 Å². The molecule has 0 aromatic heterocycles. The second kappa shape index (κ2) is 4.13. The first-order valence-electron chi connectivity index (χ1n) is 4.61. The molecule has 0 heterocycles. The fourth-order valence-electron chi connectivity index (χ4n) is 1.24. The van der Waals surface area contributed by atoms with Crippen LogP contribution in [0.5, 0.6) is 5.75 Å². The zero-order valence-electron chi connectivity index (χ0n) is 8.78. The molecule has 0 fully saturated rings. The molecular formula is C11H16N2O. The molecule has 3 N–H and O–H groups in total. The van der Waals surface area contributed by atoms with Crippen LogP contribution in [-0.4, -0.2) is 18.0 Å². The van der Waals surface area contributed by atoms with Crippen LogP contribution in [0, 0.1) is 0 Å². The van der Waals surface area contributed by atoms with Gasteiger partial charge in [0, 0.05) is 7.05 Å². The van der Waals surface area contributed by atoms with Gasteiger partial charge in [0.15, 0.2) is 0 Å². The van der Waals surface area contributed by atoms with Crippen LogP contribution in [0.15, 0.2) is 23.2 Å². The number of phenolic OH excluding ortho intramolecular Hbond substituents is 1. The van der Waals surface area contributed by atoms with Gasteiger partial charge in [-0.25, -0.2) is 0 Å². The third-order valence-corrected chi connectivity index (χ3v) is 2.20. The van der Waals surface area contributed by atoms with Crippen LogP contribution in [0.3, 0.4) is 0 Å². The molecule has 76 valence electrons. The number of benzene rings is 1. The van der Waals surface area contributed by atoms with Crippen LogP contribution in [0.1, 0.15) is 30.9 Å². The van der Waals surface area contributed by atoms with Gasteiger partial charge in [0.25, 0.3) is 0 Å². The molecule has 1 aromatic carbocycles. The van der Waals surface area contributed by atoms with Gasteiger partial charge in [0.1, 0.15) is 11.6 Å². The Labute approximate surface area is 84.3 Å². The van der Waals surface area contributed by atoms with Crippen molar-refractivity contribution in [1.29, 1.82) is 0 Å². The van der Waals surface area contributed by atoms with E-state index in [9.17, 15) is 5.11 Å². The number of aromatic hydroxyl groups is 1. The molecule has 3 heteroatoms. The summed E-state index contributed by atoms with van der Waals surface area (Å²) in [5.41, 5.74) is 7.41.